The minimum atomic E-state index is -0.166. The predicted octanol–water partition coefficient (Wildman–Crippen LogP) is 3.88. The van der Waals surface area contributed by atoms with Gasteiger partial charge in [-0.05, 0) is 25.0 Å². The quantitative estimate of drug-likeness (QED) is 0.796. The topological polar surface area (TPSA) is 76.6 Å². The average molecular weight is 431 g/mol. The van der Waals surface area contributed by atoms with Gasteiger partial charge in [-0.2, -0.15) is 4.98 Å². The highest BCUT2D eigenvalue weighted by atomic mass is 35.5. The molecule has 8 heteroatoms. The average Bonchev–Trinajstić information content (AvgIpc) is 3.01. The first-order valence-electron chi connectivity index (χ1n) is 10.6. The first kappa shape index (κ1) is 20.9. The number of nitrogens with one attached hydrogen (secondary N) is 1. The van der Waals surface area contributed by atoms with Crippen LogP contribution in [0.1, 0.15) is 36.8 Å². The maximum Gasteiger partial charge on any atom is 0.322 e. The number of aryl methyl sites for hydroxylation is 1. The van der Waals surface area contributed by atoms with Crippen LogP contribution in [0, 0.1) is 0 Å². The first-order chi connectivity index (χ1) is 14.6. The Morgan fingerprint density at radius 2 is 2.13 bits per heavy atom. The van der Waals surface area contributed by atoms with Crippen molar-refractivity contribution in [1.82, 2.24) is 14.9 Å². The summed E-state index contributed by atoms with van der Waals surface area (Å²) in [7, 11) is 0. The van der Waals surface area contributed by atoms with Gasteiger partial charge >= 0.3 is 6.03 Å². The highest BCUT2D eigenvalue weighted by molar-refractivity contribution is 6.33. The number of benzene rings is 1. The molecule has 1 aromatic heterocycles. The normalized spacial score (nSPS) is 19.0. The molecule has 2 aliphatic heterocycles. The molecular formula is C22H27ClN4O3. The van der Waals surface area contributed by atoms with Gasteiger partial charge < -0.3 is 19.7 Å². The molecule has 2 aromatic rings. The molecule has 4 rings (SSSR count). The van der Waals surface area contributed by atoms with Crippen LogP contribution in [-0.4, -0.2) is 53.3 Å². The van der Waals surface area contributed by atoms with Crippen molar-refractivity contribution in [3.63, 3.8) is 0 Å². The minimum absolute atomic E-state index is 0.108. The summed E-state index contributed by atoms with van der Waals surface area (Å²) in [5.41, 5.74) is 2.68. The number of halogens is 1. The van der Waals surface area contributed by atoms with E-state index in [1.165, 1.54) is 0 Å². The second kappa shape index (κ2) is 9.62. The van der Waals surface area contributed by atoms with Gasteiger partial charge in [-0.25, -0.2) is 9.78 Å². The van der Waals surface area contributed by atoms with E-state index >= 15 is 0 Å². The van der Waals surface area contributed by atoms with Gasteiger partial charge in [0.2, 0.25) is 5.88 Å². The first-order valence-corrected chi connectivity index (χ1v) is 11.0. The van der Waals surface area contributed by atoms with Crippen LogP contribution in [0.2, 0.25) is 5.02 Å². The van der Waals surface area contributed by atoms with E-state index in [4.69, 9.17) is 21.1 Å². The third-order valence-corrected chi connectivity index (χ3v) is 5.79. The zero-order valence-corrected chi connectivity index (χ0v) is 18.0. The van der Waals surface area contributed by atoms with E-state index in [1.54, 1.807) is 17.0 Å². The second-order valence-electron chi connectivity index (χ2n) is 7.57. The van der Waals surface area contributed by atoms with E-state index in [1.807, 2.05) is 19.1 Å². The van der Waals surface area contributed by atoms with Gasteiger partial charge in [0.1, 0.15) is 11.9 Å². The van der Waals surface area contributed by atoms with E-state index in [0.717, 1.165) is 49.2 Å². The number of nitrogens with zero attached hydrogens (tertiary/aromatic N) is 3. The highest BCUT2D eigenvalue weighted by Crippen LogP contribution is 2.27. The lowest BCUT2D eigenvalue weighted by Gasteiger charge is -2.33. The van der Waals surface area contributed by atoms with E-state index in [-0.39, 0.29) is 12.1 Å². The fourth-order valence-corrected chi connectivity index (χ4v) is 4.03. The number of hydrogen-bond donors (Lipinski definition) is 1. The number of fused-ring (bicyclic) bond motifs is 1. The molecule has 1 N–H and O–H groups in total. The van der Waals surface area contributed by atoms with Crippen molar-refractivity contribution in [3.05, 3.63) is 46.4 Å². The number of ether oxygens (including phenoxy) is 2. The van der Waals surface area contributed by atoms with Crippen molar-refractivity contribution in [2.75, 3.05) is 31.6 Å². The SMILES string of the molecule is CCc1nc2c(c(OC3CCCN(C(=O)Nc4ccccc4Cl)C3)n1)CCOCC2. The number of likely N-dealkylation sites (tertiary alicyclic amines) is 1. The number of urea groups is 1. The Labute approximate surface area is 181 Å². The number of amides is 2. The smallest absolute Gasteiger partial charge is 0.322 e. The van der Waals surface area contributed by atoms with Crippen LogP contribution in [0.5, 0.6) is 5.88 Å². The lowest BCUT2D eigenvalue weighted by molar-refractivity contribution is 0.101. The minimum Gasteiger partial charge on any atom is -0.472 e. The lowest BCUT2D eigenvalue weighted by atomic mass is 10.1. The molecule has 7 nitrogen and oxygen atoms in total. The Bertz CT molecular complexity index is 908. The predicted molar refractivity (Wildman–Crippen MR) is 115 cm³/mol. The number of anilines is 1. The van der Waals surface area contributed by atoms with Gasteiger partial charge in [0.15, 0.2) is 0 Å². The van der Waals surface area contributed by atoms with Gasteiger partial charge in [0, 0.05) is 31.4 Å². The second-order valence-corrected chi connectivity index (χ2v) is 7.98. The third kappa shape index (κ3) is 4.84. The Morgan fingerprint density at radius 1 is 1.30 bits per heavy atom. The van der Waals surface area contributed by atoms with Crippen molar-refractivity contribution in [3.8, 4) is 5.88 Å². The molecule has 2 amide bonds. The van der Waals surface area contributed by atoms with E-state index in [9.17, 15) is 4.79 Å². The summed E-state index contributed by atoms with van der Waals surface area (Å²) in [5.74, 6) is 1.44. The molecule has 0 radical (unpaired) electrons. The monoisotopic (exact) mass is 430 g/mol. The number of carbonyl (C=O) groups excluding carboxylic acids is 1. The summed E-state index contributed by atoms with van der Waals surface area (Å²) in [6.45, 7) is 4.56. The third-order valence-electron chi connectivity index (χ3n) is 5.46. The van der Waals surface area contributed by atoms with Crippen LogP contribution >= 0.6 is 11.6 Å². The molecule has 1 unspecified atom stereocenters. The maximum atomic E-state index is 12.8. The van der Waals surface area contributed by atoms with Gasteiger partial charge in [0.25, 0.3) is 0 Å². The van der Waals surface area contributed by atoms with Gasteiger partial charge in [-0.3, -0.25) is 0 Å². The molecule has 1 atom stereocenters. The molecule has 0 spiro atoms. The standard InChI is InChI=1S/C22H27ClN4O3/c1-2-20-24-18-10-13-29-12-9-16(18)21(26-20)30-15-6-5-11-27(14-15)22(28)25-19-8-4-3-7-17(19)23/h3-4,7-8,15H,2,5-6,9-14H2,1H3,(H,25,28). The maximum absolute atomic E-state index is 12.8. The van der Waals surface area contributed by atoms with Crippen molar-refractivity contribution < 1.29 is 14.3 Å². The Hall–Kier alpha value is -2.38. The van der Waals surface area contributed by atoms with Crippen LogP contribution in [0.3, 0.4) is 0 Å². The zero-order valence-electron chi connectivity index (χ0n) is 17.2. The summed E-state index contributed by atoms with van der Waals surface area (Å²) < 4.78 is 12.0. The van der Waals surface area contributed by atoms with Crippen LogP contribution in [0.25, 0.3) is 0 Å². The summed E-state index contributed by atoms with van der Waals surface area (Å²) in [6, 6.07) is 7.07. The van der Waals surface area contributed by atoms with Crippen LogP contribution < -0.4 is 10.1 Å². The van der Waals surface area contributed by atoms with Crippen LogP contribution in [0.15, 0.2) is 24.3 Å². The van der Waals surface area contributed by atoms with Crippen molar-refractivity contribution in [1.29, 1.82) is 0 Å². The summed E-state index contributed by atoms with van der Waals surface area (Å²) in [4.78, 5) is 23.9. The van der Waals surface area contributed by atoms with Crippen molar-refractivity contribution in [2.24, 2.45) is 0 Å². The molecule has 1 saturated heterocycles. The molecule has 0 bridgehead atoms. The largest absolute Gasteiger partial charge is 0.472 e. The molecule has 0 saturated carbocycles. The number of aromatic nitrogens is 2. The Balaban J connectivity index is 1.46. The summed E-state index contributed by atoms with van der Waals surface area (Å²) in [5, 5.41) is 3.42. The summed E-state index contributed by atoms with van der Waals surface area (Å²) in [6.07, 6.45) is 3.92. The van der Waals surface area contributed by atoms with E-state index in [0.29, 0.717) is 42.9 Å². The summed E-state index contributed by atoms with van der Waals surface area (Å²) >= 11 is 6.17. The van der Waals surface area contributed by atoms with E-state index in [2.05, 4.69) is 15.3 Å². The van der Waals surface area contributed by atoms with Crippen molar-refractivity contribution in [2.45, 2.75) is 45.1 Å². The molecule has 30 heavy (non-hydrogen) atoms. The molecule has 1 aromatic carbocycles. The fraction of sp³-hybridized carbons (Fsp3) is 0.500. The number of piperidine rings is 1. The fourth-order valence-electron chi connectivity index (χ4n) is 3.85. The van der Waals surface area contributed by atoms with Crippen LogP contribution in [-0.2, 0) is 24.0 Å². The lowest BCUT2D eigenvalue weighted by Crippen LogP contribution is -2.46. The number of rotatable bonds is 4. The zero-order chi connectivity index (χ0) is 20.9. The van der Waals surface area contributed by atoms with Crippen LogP contribution in [0.4, 0.5) is 10.5 Å². The van der Waals surface area contributed by atoms with Crippen molar-refractivity contribution >= 4 is 23.3 Å². The van der Waals surface area contributed by atoms with Gasteiger partial charge in [0.05, 0.1) is 36.2 Å². The van der Waals surface area contributed by atoms with Gasteiger partial charge in [-0.1, -0.05) is 30.7 Å². The molecule has 160 valence electrons. The molecular weight excluding hydrogens is 404 g/mol. The van der Waals surface area contributed by atoms with Gasteiger partial charge in [-0.15, -0.1) is 0 Å². The molecule has 1 fully saturated rings. The number of para-hydroxylation sites is 1. The molecule has 0 aliphatic carbocycles. The van der Waals surface area contributed by atoms with E-state index < -0.39 is 0 Å². The highest BCUT2D eigenvalue weighted by Gasteiger charge is 2.27. The molecule has 2 aliphatic rings. The Kier molecular flexibility index (Phi) is 6.69. The number of hydrogen-bond acceptors (Lipinski definition) is 5. The Morgan fingerprint density at radius 3 is 2.97 bits per heavy atom. The number of carbonyl (C=O) groups is 1. The molecule has 3 heterocycles.